The predicted molar refractivity (Wildman–Crippen MR) is 67.8 cm³/mol. The lowest BCUT2D eigenvalue weighted by Crippen LogP contribution is -2.06. The van der Waals surface area contributed by atoms with Crippen LogP contribution in [0.1, 0.15) is 35.0 Å². The second-order valence-corrected chi connectivity index (χ2v) is 4.56. The summed E-state index contributed by atoms with van der Waals surface area (Å²) in [4.78, 5) is 8.90. The van der Waals surface area contributed by atoms with Crippen molar-refractivity contribution < 1.29 is 0 Å². The monoisotopic (exact) mass is 225 g/mol. The first-order valence-corrected chi connectivity index (χ1v) is 5.92. The molecule has 0 aliphatic heterocycles. The van der Waals surface area contributed by atoms with Crippen LogP contribution in [0.25, 0.3) is 0 Å². The van der Waals surface area contributed by atoms with Crippen molar-refractivity contribution >= 4 is 5.69 Å². The van der Waals surface area contributed by atoms with Crippen molar-refractivity contribution in [2.24, 2.45) is 0 Å². The first-order valence-electron chi connectivity index (χ1n) is 5.92. The van der Waals surface area contributed by atoms with Crippen LogP contribution in [0.4, 0.5) is 5.69 Å². The third-order valence-electron chi connectivity index (χ3n) is 3.48. The van der Waals surface area contributed by atoms with Crippen molar-refractivity contribution in [1.29, 1.82) is 0 Å². The van der Waals surface area contributed by atoms with Crippen LogP contribution >= 0.6 is 0 Å². The number of nitrogen functional groups attached to an aromatic ring is 1. The summed E-state index contributed by atoms with van der Waals surface area (Å²) in [7, 11) is 0. The first-order chi connectivity index (χ1) is 8.25. The number of rotatable bonds is 1. The molecule has 17 heavy (non-hydrogen) atoms. The van der Waals surface area contributed by atoms with Gasteiger partial charge in [-0.05, 0) is 30.9 Å². The minimum Gasteiger partial charge on any atom is -0.396 e. The highest BCUT2D eigenvalue weighted by molar-refractivity contribution is 5.42. The van der Waals surface area contributed by atoms with Crippen LogP contribution in [0, 0.1) is 6.92 Å². The molecule has 1 unspecified atom stereocenters. The minimum absolute atomic E-state index is 0.338. The Bertz CT molecular complexity index is 563. The molecule has 0 fully saturated rings. The molecule has 0 saturated carbocycles. The smallest absolute Gasteiger partial charge is 0.136 e. The molecule has 3 rings (SSSR count). The maximum Gasteiger partial charge on any atom is 0.136 e. The number of nitrogens with two attached hydrogens (primary N) is 1. The average molecular weight is 225 g/mol. The van der Waals surface area contributed by atoms with E-state index in [1.165, 1.54) is 11.1 Å². The fraction of sp³-hybridized carbons (Fsp3) is 0.286. The van der Waals surface area contributed by atoms with E-state index in [9.17, 15) is 0 Å². The number of hydrogen-bond donors (Lipinski definition) is 1. The fourth-order valence-electron chi connectivity index (χ4n) is 2.49. The molecular weight excluding hydrogens is 210 g/mol. The van der Waals surface area contributed by atoms with E-state index in [-0.39, 0.29) is 0 Å². The Morgan fingerprint density at radius 2 is 2.12 bits per heavy atom. The molecule has 1 heterocycles. The van der Waals surface area contributed by atoms with Crippen LogP contribution < -0.4 is 5.73 Å². The van der Waals surface area contributed by atoms with Gasteiger partial charge in [-0.1, -0.05) is 24.3 Å². The van der Waals surface area contributed by atoms with Crippen LogP contribution in [0.5, 0.6) is 0 Å². The maximum atomic E-state index is 5.76. The Morgan fingerprint density at radius 3 is 2.94 bits per heavy atom. The van der Waals surface area contributed by atoms with Crippen molar-refractivity contribution in [3.63, 3.8) is 0 Å². The third-order valence-corrected chi connectivity index (χ3v) is 3.48. The maximum absolute atomic E-state index is 5.76. The van der Waals surface area contributed by atoms with Crippen LogP contribution in [0.15, 0.2) is 30.5 Å². The quantitative estimate of drug-likeness (QED) is 0.811. The van der Waals surface area contributed by atoms with Gasteiger partial charge in [0, 0.05) is 5.92 Å². The third kappa shape index (κ3) is 1.68. The highest BCUT2D eigenvalue weighted by atomic mass is 14.9. The van der Waals surface area contributed by atoms with Gasteiger partial charge in [-0.3, -0.25) is 0 Å². The van der Waals surface area contributed by atoms with E-state index in [1.54, 1.807) is 6.20 Å². The Kier molecular flexibility index (Phi) is 2.32. The molecule has 2 N–H and O–H groups in total. The zero-order chi connectivity index (χ0) is 11.8. The molecule has 0 saturated heterocycles. The molecule has 0 radical (unpaired) electrons. The Hall–Kier alpha value is -1.90. The number of benzene rings is 1. The van der Waals surface area contributed by atoms with Gasteiger partial charge in [-0.2, -0.15) is 0 Å². The number of hydrogen-bond acceptors (Lipinski definition) is 3. The predicted octanol–water partition coefficient (Wildman–Crippen LogP) is 2.45. The van der Waals surface area contributed by atoms with Gasteiger partial charge in [0.1, 0.15) is 5.82 Å². The van der Waals surface area contributed by atoms with Gasteiger partial charge >= 0.3 is 0 Å². The summed E-state index contributed by atoms with van der Waals surface area (Å²) < 4.78 is 0. The zero-order valence-electron chi connectivity index (χ0n) is 9.85. The van der Waals surface area contributed by atoms with Crippen molar-refractivity contribution in [1.82, 2.24) is 9.97 Å². The summed E-state index contributed by atoms with van der Waals surface area (Å²) in [6, 6.07) is 8.55. The van der Waals surface area contributed by atoms with E-state index >= 15 is 0 Å². The van der Waals surface area contributed by atoms with Crippen LogP contribution in [-0.2, 0) is 6.42 Å². The molecule has 1 aromatic heterocycles. The van der Waals surface area contributed by atoms with E-state index in [0.717, 1.165) is 24.4 Å². The molecular formula is C14H15N3. The molecule has 0 bridgehead atoms. The number of nitrogens with zero attached hydrogens (tertiary/aromatic N) is 2. The molecule has 86 valence electrons. The van der Waals surface area contributed by atoms with E-state index in [4.69, 9.17) is 5.73 Å². The Morgan fingerprint density at radius 1 is 1.29 bits per heavy atom. The summed E-state index contributed by atoms with van der Waals surface area (Å²) in [6.45, 7) is 1.93. The SMILES string of the molecule is Cc1nc(C2CCc3ccccc32)ncc1N. The second-order valence-electron chi connectivity index (χ2n) is 4.56. The molecule has 1 aromatic carbocycles. The molecule has 0 amide bonds. The highest BCUT2D eigenvalue weighted by Gasteiger charge is 2.25. The molecule has 2 aromatic rings. The van der Waals surface area contributed by atoms with Gasteiger partial charge in [0.05, 0.1) is 17.6 Å². The van der Waals surface area contributed by atoms with Gasteiger partial charge in [0.25, 0.3) is 0 Å². The summed E-state index contributed by atoms with van der Waals surface area (Å²) >= 11 is 0. The van der Waals surface area contributed by atoms with Crippen molar-refractivity contribution in [2.45, 2.75) is 25.7 Å². The summed E-state index contributed by atoms with van der Waals surface area (Å²) in [5.41, 5.74) is 10.1. The fourth-order valence-corrected chi connectivity index (χ4v) is 2.49. The van der Waals surface area contributed by atoms with Gasteiger partial charge in [-0.25, -0.2) is 9.97 Å². The Labute approximate surface area is 101 Å². The lowest BCUT2D eigenvalue weighted by Gasteiger charge is -2.11. The number of aromatic nitrogens is 2. The molecule has 0 spiro atoms. The molecule has 1 aliphatic rings. The largest absolute Gasteiger partial charge is 0.396 e. The lowest BCUT2D eigenvalue weighted by atomic mass is 10.0. The summed E-state index contributed by atoms with van der Waals surface area (Å²) in [5.74, 6) is 1.24. The van der Waals surface area contributed by atoms with E-state index in [1.807, 2.05) is 6.92 Å². The van der Waals surface area contributed by atoms with Crippen molar-refractivity contribution in [3.05, 3.63) is 53.1 Å². The number of fused-ring (bicyclic) bond motifs is 1. The van der Waals surface area contributed by atoms with Crippen LogP contribution in [0.3, 0.4) is 0 Å². The zero-order valence-corrected chi connectivity index (χ0v) is 9.85. The van der Waals surface area contributed by atoms with Gasteiger partial charge in [0.2, 0.25) is 0 Å². The lowest BCUT2D eigenvalue weighted by molar-refractivity contribution is 0.724. The van der Waals surface area contributed by atoms with Gasteiger partial charge in [-0.15, -0.1) is 0 Å². The minimum atomic E-state index is 0.338. The molecule has 1 atom stereocenters. The van der Waals surface area contributed by atoms with E-state index in [0.29, 0.717) is 11.6 Å². The molecule has 3 heteroatoms. The van der Waals surface area contributed by atoms with Crippen LogP contribution in [0.2, 0.25) is 0 Å². The molecule has 1 aliphatic carbocycles. The first kappa shape index (κ1) is 10.3. The van der Waals surface area contributed by atoms with Crippen molar-refractivity contribution in [2.75, 3.05) is 5.73 Å². The average Bonchev–Trinajstić information content (AvgIpc) is 2.76. The summed E-state index contributed by atoms with van der Waals surface area (Å²) in [5, 5.41) is 0. The van der Waals surface area contributed by atoms with Gasteiger partial charge < -0.3 is 5.73 Å². The van der Waals surface area contributed by atoms with Gasteiger partial charge in [0.15, 0.2) is 0 Å². The number of aryl methyl sites for hydroxylation is 2. The van der Waals surface area contributed by atoms with E-state index < -0.39 is 0 Å². The molecule has 3 nitrogen and oxygen atoms in total. The van der Waals surface area contributed by atoms with E-state index in [2.05, 4.69) is 34.2 Å². The Balaban J connectivity index is 2.04. The topological polar surface area (TPSA) is 51.8 Å². The summed E-state index contributed by atoms with van der Waals surface area (Å²) in [6.07, 6.45) is 3.94. The van der Waals surface area contributed by atoms with Crippen LogP contribution in [-0.4, -0.2) is 9.97 Å². The van der Waals surface area contributed by atoms with Crippen molar-refractivity contribution in [3.8, 4) is 0 Å². The normalized spacial score (nSPS) is 18.1. The standard InChI is InChI=1S/C14H15N3/c1-9-13(15)8-16-14(17-9)12-7-6-10-4-2-3-5-11(10)12/h2-5,8,12H,6-7,15H2,1H3. The second kappa shape index (κ2) is 3.84. The highest BCUT2D eigenvalue weighted by Crippen LogP contribution is 2.36. The number of anilines is 1.